The topological polar surface area (TPSA) is 47.3 Å². The summed E-state index contributed by atoms with van der Waals surface area (Å²) in [6.07, 6.45) is 0.605. The highest BCUT2D eigenvalue weighted by Gasteiger charge is 2.17. The molecule has 1 atom stereocenters. The second-order valence-electron chi connectivity index (χ2n) is 4.55. The van der Waals surface area contributed by atoms with Gasteiger partial charge < -0.3 is 4.74 Å². The summed E-state index contributed by atoms with van der Waals surface area (Å²) in [6.45, 7) is 0. The van der Waals surface area contributed by atoms with Crippen molar-refractivity contribution < 1.29 is 4.74 Å². The zero-order valence-corrected chi connectivity index (χ0v) is 14.5. The number of benzene rings is 2. The highest BCUT2D eigenvalue weighted by atomic mass is 79.9. The molecular formula is C15H15BrCl2N2O. The molecule has 0 saturated carbocycles. The molecule has 0 aliphatic rings. The fourth-order valence-corrected chi connectivity index (χ4v) is 2.88. The highest BCUT2D eigenvalue weighted by molar-refractivity contribution is 9.10. The van der Waals surface area contributed by atoms with Gasteiger partial charge in [-0.1, -0.05) is 45.2 Å². The summed E-state index contributed by atoms with van der Waals surface area (Å²) < 4.78 is 6.36. The Kier molecular flexibility index (Phi) is 5.90. The third kappa shape index (κ3) is 4.11. The lowest BCUT2D eigenvalue weighted by Crippen LogP contribution is -2.30. The number of methoxy groups -OCH3 is 1. The molecule has 6 heteroatoms. The zero-order valence-electron chi connectivity index (χ0n) is 11.4. The number of hydrazine groups is 1. The molecule has 0 spiro atoms. The quantitative estimate of drug-likeness (QED) is 0.584. The van der Waals surface area contributed by atoms with Gasteiger partial charge in [-0.05, 0) is 42.3 Å². The van der Waals surface area contributed by atoms with Gasteiger partial charge in [-0.15, -0.1) is 0 Å². The van der Waals surface area contributed by atoms with Gasteiger partial charge in [0.2, 0.25) is 0 Å². The molecule has 0 bridgehead atoms. The van der Waals surface area contributed by atoms with Crippen molar-refractivity contribution in [1.82, 2.24) is 5.43 Å². The molecule has 0 amide bonds. The van der Waals surface area contributed by atoms with E-state index in [1.165, 1.54) is 0 Å². The fraction of sp³-hybridized carbons (Fsp3) is 0.200. The van der Waals surface area contributed by atoms with E-state index in [0.717, 1.165) is 21.3 Å². The summed E-state index contributed by atoms with van der Waals surface area (Å²) in [4.78, 5) is 0. The Balaban J connectivity index is 2.34. The first-order valence-corrected chi connectivity index (χ1v) is 7.83. The smallest absolute Gasteiger partial charge is 0.124 e. The Labute approximate surface area is 142 Å². The van der Waals surface area contributed by atoms with Gasteiger partial charge in [-0.25, -0.2) is 0 Å². The molecule has 2 aromatic rings. The number of ether oxygens (including phenoxy) is 1. The van der Waals surface area contributed by atoms with Crippen LogP contribution < -0.4 is 16.0 Å². The van der Waals surface area contributed by atoms with Crippen molar-refractivity contribution in [2.75, 3.05) is 7.11 Å². The van der Waals surface area contributed by atoms with Crippen LogP contribution in [0.3, 0.4) is 0 Å². The zero-order chi connectivity index (χ0) is 15.4. The van der Waals surface area contributed by atoms with Crippen LogP contribution in [0.25, 0.3) is 0 Å². The Morgan fingerprint density at radius 2 is 2.00 bits per heavy atom. The lowest BCUT2D eigenvalue weighted by molar-refractivity contribution is 0.398. The molecule has 0 radical (unpaired) electrons. The summed E-state index contributed by atoms with van der Waals surface area (Å²) in [5.74, 6) is 6.46. The monoisotopic (exact) mass is 388 g/mol. The van der Waals surface area contributed by atoms with Crippen LogP contribution in [0.15, 0.2) is 40.9 Å². The summed E-state index contributed by atoms with van der Waals surface area (Å²) in [5.41, 5.74) is 4.70. The van der Waals surface area contributed by atoms with Gasteiger partial charge >= 0.3 is 0 Å². The number of hydrogen-bond acceptors (Lipinski definition) is 3. The molecule has 0 heterocycles. The molecule has 3 N–H and O–H groups in total. The number of halogens is 3. The van der Waals surface area contributed by atoms with Crippen molar-refractivity contribution in [1.29, 1.82) is 0 Å². The van der Waals surface area contributed by atoms with Crippen LogP contribution in [0.4, 0.5) is 0 Å². The van der Waals surface area contributed by atoms with Crippen LogP contribution in [-0.4, -0.2) is 7.11 Å². The number of rotatable bonds is 5. The lowest BCUT2D eigenvalue weighted by Gasteiger charge is -2.20. The van der Waals surface area contributed by atoms with Gasteiger partial charge in [0.05, 0.1) is 13.2 Å². The number of nitrogens with one attached hydrogen (secondary N) is 1. The molecular weight excluding hydrogens is 375 g/mol. The molecule has 3 nitrogen and oxygen atoms in total. The fourth-order valence-electron chi connectivity index (χ4n) is 2.15. The Bertz CT molecular complexity index is 637. The minimum Gasteiger partial charge on any atom is -0.496 e. The summed E-state index contributed by atoms with van der Waals surface area (Å²) >= 11 is 15.7. The van der Waals surface area contributed by atoms with Crippen LogP contribution in [0.1, 0.15) is 17.2 Å². The first-order valence-electron chi connectivity index (χ1n) is 6.28. The minimum absolute atomic E-state index is 0.135. The van der Waals surface area contributed by atoms with E-state index >= 15 is 0 Å². The minimum atomic E-state index is -0.135. The van der Waals surface area contributed by atoms with E-state index in [-0.39, 0.29) is 6.04 Å². The van der Waals surface area contributed by atoms with Gasteiger partial charge in [0.15, 0.2) is 0 Å². The molecule has 21 heavy (non-hydrogen) atoms. The average Bonchev–Trinajstić information content (AvgIpc) is 2.48. The van der Waals surface area contributed by atoms with Gasteiger partial charge in [-0.2, -0.15) is 0 Å². The van der Waals surface area contributed by atoms with Gasteiger partial charge in [0, 0.05) is 20.1 Å². The standard InChI is InChI=1S/C15H15BrCl2N2O/c1-21-15-8-10(16)2-4-12(15)14(20-19)7-9-6-11(17)3-5-13(9)18/h2-6,8,14,20H,7,19H2,1H3. The van der Waals surface area contributed by atoms with Gasteiger partial charge in [0.25, 0.3) is 0 Å². The van der Waals surface area contributed by atoms with E-state index in [0.29, 0.717) is 16.5 Å². The maximum absolute atomic E-state index is 6.22. The number of nitrogens with two attached hydrogens (primary N) is 1. The first-order chi connectivity index (χ1) is 10.0. The predicted octanol–water partition coefficient (Wildman–Crippen LogP) is 4.51. The van der Waals surface area contributed by atoms with Crippen LogP contribution in [0, 0.1) is 0 Å². The molecule has 0 saturated heterocycles. The van der Waals surface area contributed by atoms with E-state index < -0.39 is 0 Å². The van der Waals surface area contributed by atoms with E-state index in [2.05, 4.69) is 21.4 Å². The largest absolute Gasteiger partial charge is 0.496 e. The lowest BCUT2D eigenvalue weighted by atomic mass is 9.98. The molecule has 1 unspecified atom stereocenters. The van der Waals surface area contributed by atoms with E-state index in [4.69, 9.17) is 33.8 Å². The second kappa shape index (κ2) is 7.47. The highest BCUT2D eigenvalue weighted by Crippen LogP contribution is 2.32. The van der Waals surface area contributed by atoms with Gasteiger partial charge in [-0.3, -0.25) is 11.3 Å². The van der Waals surface area contributed by atoms with Crippen LogP contribution in [-0.2, 0) is 6.42 Å². The molecule has 2 aromatic carbocycles. The first kappa shape index (κ1) is 16.6. The van der Waals surface area contributed by atoms with Crippen LogP contribution >= 0.6 is 39.1 Å². The molecule has 2 rings (SSSR count). The van der Waals surface area contributed by atoms with E-state index in [9.17, 15) is 0 Å². The predicted molar refractivity (Wildman–Crippen MR) is 90.9 cm³/mol. The number of hydrogen-bond donors (Lipinski definition) is 2. The third-order valence-corrected chi connectivity index (χ3v) is 4.30. The third-order valence-electron chi connectivity index (χ3n) is 3.20. The van der Waals surface area contributed by atoms with E-state index in [1.807, 2.05) is 24.3 Å². The van der Waals surface area contributed by atoms with Crippen molar-refractivity contribution in [3.8, 4) is 5.75 Å². The van der Waals surface area contributed by atoms with Crippen molar-refractivity contribution in [3.63, 3.8) is 0 Å². The molecule has 0 aromatic heterocycles. The van der Waals surface area contributed by atoms with E-state index in [1.54, 1.807) is 19.2 Å². The van der Waals surface area contributed by atoms with Crippen LogP contribution in [0.2, 0.25) is 10.0 Å². The molecule has 112 valence electrons. The summed E-state index contributed by atoms with van der Waals surface area (Å²) in [5, 5.41) is 1.31. The second-order valence-corrected chi connectivity index (χ2v) is 6.30. The Hall–Kier alpha value is -0.780. The summed E-state index contributed by atoms with van der Waals surface area (Å²) in [7, 11) is 1.63. The van der Waals surface area contributed by atoms with Crippen molar-refractivity contribution in [2.24, 2.45) is 5.84 Å². The van der Waals surface area contributed by atoms with Crippen molar-refractivity contribution in [3.05, 3.63) is 62.0 Å². The summed E-state index contributed by atoms with van der Waals surface area (Å²) in [6, 6.07) is 11.1. The van der Waals surface area contributed by atoms with Crippen molar-refractivity contribution >= 4 is 39.1 Å². The van der Waals surface area contributed by atoms with Crippen LogP contribution in [0.5, 0.6) is 5.75 Å². The SMILES string of the molecule is COc1cc(Br)ccc1C(Cc1cc(Cl)ccc1Cl)NN. The maximum Gasteiger partial charge on any atom is 0.124 e. The molecule has 0 aliphatic heterocycles. The van der Waals surface area contributed by atoms with Gasteiger partial charge in [0.1, 0.15) is 5.75 Å². The average molecular weight is 390 g/mol. The maximum atomic E-state index is 6.22. The Morgan fingerprint density at radius 1 is 1.24 bits per heavy atom. The molecule has 0 aliphatic carbocycles. The normalized spacial score (nSPS) is 12.2. The molecule has 0 fully saturated rings. The Morgan fingerprint density at radius 3 is 2.67 bits per heavy atom. The van der Waals surface area contributed by atoms with Crippen molar-refractivity contribution in [2.45, 2.75) is 12.5 Å².